The van der Waals surface area contributed by atoms with Crippen LogP contribution >= 0.6 is 0 Å². The molecule has 1 unspecified atom stereocenters. The summed E-state index contributed by atoms with van der Waals surface area (Å²) in [6.07, 6.45) is 3.83. The van der Waals surface area contributed by atoms with Crippen LogP contribution in [0.5, 0.6) is 0 Å². The van der Waals surface area contributed by atoms with Crippen molar-refractivity contribution in [1.29, 1.82) is 0 Å². The summed E-state index contributed by atoms with van der Waals surface area (Å²) in [6, 6.07) is 15.4. The lowest BCUT2D eigenvalue weighted by Gasteiger charge is -2.17. The van der Waals surface area contributed by atoms with Gasteiger partial charge in [-0.05, 0) is 30.2 Å². The van der Waals surface area contributed by atoms with E-state index in [4.69, 9.17) is 0 Å². The SMILES string of the molecule is CCn1cncc1CNC(C)c1cccc2ccccc12. The highest BCUT2D eigenvalue weighted by molar-refractivity contribution is 5.86. The largest absolute Gasteiger partial charge is 0.334 e. The molecule has 1 N–H and O–H groups in total. The first-order valence-corrected chi connectivity index (χ1v) is 7.49. The molecule has 1 aromatic heterocycles. The lowest BCUT2D eigenvalue weighted by atomic mass is 10.00. The fourth-order valence-corrected chi connectivity index (χ4v) is 2.78. The fourth-order valence-electron chi connectivity index (χ4n) is 2.78. The number of nitrogens with one attached hydrogen (secondary N) is 1. The third-order valence-corrected chi connectivity index (χ3v) is 4.02. The summed E-state index contributed by atoms with van der Waals surface area (Å²) in [7, 11) is 0. The number of benzene rings is 2. The van der Waals surface area contributed by atoms with E-state index in [1.807, 2.05) is 12.5 Å². The molecule has 0 aliphatic carbocycles. The lowest BCUT2D eigenvalue weighted by Crippen LogP contribution is -2.20. The molecule has 0 radical (unpaired) electrons. The van der Waals surface area contributed by atoms with E-state index in [9.17, 15) is 0 Å². The molecule has 0 fully saturated rings. The Morgan fingerprint density at radius 3 is 2.81 bits per heavy atom. The molecule has 3 rings (SSSR count). The van der Waals surface area contributed by atoms with Crippen LogP contribution in [0.3, 0.4) is 0 Å². The van der Waals surface area contributed by atoms with Gasteiger partial charge in [-0.1, -0.05) is 42.5 Å². The zero-order valence-corrected chi connectivity index (χ0v) is 12.6. The van der Waals surface area contributed by atoms with Gasteiger partial charge in [-0.2, -0.15) is 0 Å². The van der Waals surface area contributed by atoms with Crippen LogP contribution in [-0.2, 0) is 13.1 Å². The highest BCUT2D eigenvalue weighted by atomic mass is 15.1. The minimum absolute atomic E-state index is 0.302. The van der Waals surface area contributed by atoms with Gasteiger partial charge in [0.15, 0.2) is 0 Å². The molecule has 2 aromatic carbocycles. The smallest absolute Gasteiger partial charge is 0.0948 e. The maximum Gasteiger partial charge on any atom is 0.0948 e. The Kier molecular flexibility index (Phi) is 4.02. The number of aromatic nitrogens is 2. The average Bonchev–Trinajstić information content (AvgIpc) is 2.99. The van der Waals surface area contributed by atoms with Crippen LogP contribution in [0.1, 0.15) is 31.1 Å². The summed E-state index contributed by atoms with van der Waals surface area (Å²) >= 11 is 0. The van der Waals surface area contributed by atoms with Gasteiger partial charge in [0.25, 0.3) is 0 Å². The monoisotopic (exact) mass is 279 g/mol. The van der Waals surface area contributed by atoms with Gasteiger partial charge in [0, 0.05) is 25.3 Å². The fraction of sp³-hybridized carbons (Fsp3) is 0.278. The number of fused-ring (bicyclic) bond motifs is 1. The summed E-state index contributed by atoms with van der Waals surface area (Å²) in [6.45, 7) is 6.14. The summed E-state index contributed by atoms with van der Waals surface area (Å²) in [5, 5.41) is 6.22. The minimum Gasteiger partial charge on any atom is -0.334 e. The van der Waals surface area contributed by atoms with Crippen molar-refractivity contribution in [2.24, 2.45) is 0 Å². The predicted molar refractivity (Wildman–Crippen MR) is 87.1 cm³/mol. The Balaban J connectivity index is 1.80. The number of rotatable bonds is 5. The zero-order valence-electron chi connectivity index (χ0n) is 12.6. The van der Waals surface area contributed by atoms with Crippen molar-refractivity contribution in [1.82, 2.24) is 14.9 Å². The summed E-state index contributed by atoms with van der Waals surface area (Å²) in [5.41, 5.74) is 2.57. The molecule has 21 heavy (non-hydrogen) atoms. The standard InChI is InChI=1S/C18H21N3/c1-3-21-13-19-11-16(21)12-20-14(2)17-10-6-8-15-7-4-5-9-18(15)17/h4-11,13-14,20H,3,12H2,1-2H3. The first-order valence-electron chi connectivity index (χ1n) is 7.49. The highest BCUT2D eigenvalue weighted by Gasteiger charge is 2.09. The Morgan fingerprint density at radius 2 is 1.95 bits per heavy atom. The normalized spacial score (nSPS) is 12.7. The molecular weight excluding hydrogens is 258 g/mol. The van der Waals surface area contributed by atoms with Gasteiger partial charge in [-0.25, -0.2) is 4.98 Å². The lowest BCUT2D eigenvalue weighted by molar-refractivity contribution is 0.552. The van der Waals surface area contributed by atoms with Gasteiger partial charge in [-0.15, -0.1) is 0 Å². The van der Waals surface area contributed by atoms with Crippen molar-refractivity contribution in [2.75, 3.05) is 0 Å². The molecule has 0 spiro atoms. The Hall–Kier alpha value is -2.13. The Morgan fingerprint density at radius 1 is 1.14 bits per heavy atom. The van der Waals surface area contributed by atoms with Crippen molar-refractivity contribution in [2.45, 2.75) is 33.0 Å². The number of aryl methyl sites for hydroxylation is 1. The average molecular weight is 279 g/mol. The molecule has 1 atom stereocenters. The molecule has 3 nitrogen and oxygen atoms in total. The molecule has 3 aromatic rings. The third-order valence-electron chi connectivity index (χ3n) is 4.02. The maximum atomic E-state index is 4.22. The van der Waals surface area contributed by atoms with Crippen molar-refractivity contribution in [3.05, 3.63) is 66.2 Å². The minimum atomic E-state index is 0.302. The van der Waals surface area contributed by atoms with Crippen LogP contribution in [0.2, 0.25) is 0 Å². The first kappa shape index (κ1) is 13.8. The third kappa shape index (κ3) is 2.83. The molecule has 0 saturated heterocycles. The van der Waals surface area contributed by atoms with Crippen molar-refractivity contribution in [3.63, 3.8) is 0 Å². The molecule has 0 aliphatic heterocycles. The summed E-state index contributed by atoms with van der Waals surface area (Å²) < 4.78 is 2.17. The summed E-state index contributed by atoms with van der Waals surface area (Å²) in [5.74, 6) is 0. The second-order valence-electron chi connectivity index (χ2n) is 5.34. The number of hydrogen-bond donors (Lipinski definition) is 1. The molecular formula is C18H21N3. The van der Waals surface area contributed by atoms with E-state index in [0.717, 1.165) is 13.1 Å². The highest BCUT2D eigenvalue weighted by Crippen LogP contribution is 2.24. The van der Waals surface area contributed by atoms with Gasteiger partial charge in [0.05, 0.1) is 12.0 Å². The zero-order chi connectivity index (χ0) is 14.7. The van der Waals surface area contributed by atoms with Gasteiger partial charge < -0.3 is 9.88 Å². The van der Waals surface area contributed by atoms with Gasteiger partial charge >= 0.3 is 0 Å². The van der Waals surface area contributed by atoms with E-state index in [-0.39, 0.29) is 0 Å². The number of hydrogen-bond acceptors (Lipinski definition) is 2. The van der Waals surface area contributed by atoms with E-state index in [2.05, 4.69) is 71.2 Å². The second kappa shape index (κ2) is 6.10. The van der Waals surface area contributed by atoms with Crippen LogP contribution in [0, 0.1) is 0 Å². The number of imidazole rings is 1. The predicted octanol–water partition coefficient (Wildman–Crippen LogP) is 3.91. The van der Waals surface area contributed by atoms with Crippen molar-refractivity contribution >= 4 is 10.8 Å². The van der Waals surface area contributed by atoms with Gasteiger partial charge in [0.1, 0.15) is 0 Å². The van der Waals surface area contributed by atoms with Gasteiger partial charge in [0.2, 0.25) is 0 Å². The van der Waals surface area contributed by atoms with E-state index in [1.165, 1.54) is 22.0 Å². The molecule has 0 amide bonds. The van der Waals surface area contributed by atoms with Gasteiger partial charge in [-0.3, -0.25) is 0 Å². The molecule has 0 saturated carbocycles. The van der Waals surface area contributed by atoms with Crippen molar-refractivity contribution < 1.29 is 0 Å². The van der Waals surface area contributed by atoms with E-state index in [0.29, 0.717) is 6.04 Å². The maximum absolute atomic E-state index is 4.22. The topological polar surface area (TPSA) is 29.9 Å². The van der Waals surface area contributed by atoms with Crippen LogP contribution in [0.4, 0.5) is 0 Å². The van der Waals surface area contributed by atoms with Crippen LogP contribution in [-0.4, -0.2) is 9.55 Å². The van der Waals surface area contributed by atoms with Crippen molar-refractivity contribution in [3.8, 4) is 0 Å². The van der Waals surface area contributed by atoms with E-state index in [1.54, 1.807) is 0 Å². The van der Waals surface area contributed by atoms with Crippen LogP contribution < -0.4 is 5.32 Å². The molecule has 3 heteroatoms. The number of nitrogens with zero attached hydrogens (tertiary/aromatic N) is 2. The molecule has 1 heterocycles. The molecule has 108 valence electrons. The van der Waals surface area contributed by atoms with E-state index < -0.39 is 0 Å². The van der Waals surface area contributed by atoms with E-state index >= 15 is 0 Å². The first-order chi connectivity index (χ1) is 10.3. The van der Waals surface area contributed by atoms with Crippen LogP contribution in [0.15, 0.2) is 55.0 Å². The Labute approximate surface area is 125 Å². The Bertz CT molecular complexity index is 725. The molecule has 0 aliphatic rings. The van der Waals surface area contributed by atoms with Crippen LogP contribution in [0.25, 0.3) is 10.8 Å². The second-order valence-corrected chi connectivity index (χ2v) is 5.34. The quantitative estimate of drug-likeness (QED) is 0.767. The molecule has 0 bridgehead atoms. The summed E-state index contributed by atoms with van der Waals surface area (Å²) in [4.78, 5) is 4.22.